The Bertz CT molecular complexity index is 1090. The van der Waals surface area contributed by atoms with Crippen LogP contribution in [-0.2, 0) is 11.2 Å². The molecule has 0 saturated heterocycles. The van der Waals surface area contributed by atoms with Crippen molar-refractivity contribution in [1.29, 1.82) is 5.26 Å². The number of thioether (sulfide) groups is 1. The fraction of sp³-hybridized carbons (Fsp3) is 0.238. The smallest absolute Gasteiger partial charge is 0.236 e. The quantitative estimate of drug-likeness (QED) is 0.573. The van der Waals surface area contributed by atoms with E-state index >= 15 is 0 Å². The lowest BCUT2D eigenvalue weighted by molar-refractivity contribution is -0.113. The van der Waals surface area contributed by atoms with Gasteiger partial charge in [-0.25, -0.2) is 14.4 Å². The zero-order chi connectivity index (χ0) is 21.0. The highest BCUT2D eigenvalue weighted by atomic mass is 32.2. The molecule has 0 saturated carbocycles. The van der Waals surface area contributed by atoms with Crippen molar-refractivity contribution in [3.05, 3.63) is 69.1 Å². The number of nitrogens with zero attached hydrogens (tertiary/aromatic N) is 3. The van der Waals surface area contributed by atoms with Crippen molar-refractivity contribution in [2.45, 2.75) is 32.2 Å². The summed E-state index contributed by atoms with van der Waals surface area (Å²) in [6.07, 6.45) is 2.33. The average molecular weight is 427 g/mol. The van der Waals surface area contributed by atoms with Gasteiger partial charge in [0.25, 0.3) is 0 Å². The van der Waals surface area contributed by atoms with Crippen LogP contribution in [-0.4, -0.2) is 21.6 Å². The Kier molecular flexibility index (Phi) is 6.62. The summed E-state index contributed by atoms with van der Waals surface area (Å²) >= 11 is 2.62. The highest BCUT2D eigenvalue weighted by molar-refractivity contribution is 8.00. The van der Waals surface area contributed by atoms with E-state index in [4.69, 9.17) is 0 Å². The lowest BCUT2D eigenvalue weighted by atomic mass is 10.1. The predicted octanol–water partition coefficient (Wildman–Crippen LogP) is 4.80. The number of benzene rings is 1. The molecule has 5 nitrogen and oxygen atoms in total. The molecule has 2 aromatic heterocycles. The molecule has 0 spiro atoms. The van der Waals surface area contributed by atoms with E-state index in [1.165, 1.54) is 35.2 Å². The minimum Gasteiger partial charge on any atom is -0.301 e. The second kappa shape index (κ2) is 9.16. The normalized spacial score (nSPS) is 10.6. The number of aryl methyl sites for hydroxylation is 1. The summed E-state index contributed by atoms with van der Waals surface area (Å²) in [7, 11) is 0. The molecule has 0 aliphatic heterocycles. The number of hydrogen-bond donors (Lipinski definition) is 1. The Balaban J connectivity index is 1.60. The van der Waals surface area contributed by atoms with Crippen LogP contribution in [0.5, 0.6) is 0 Å². The molecule has 0 unspecified atom stereocenters. The largest absolute Gasteiger partial charge is 0.301 e. The Morgan fingerprint density at radius 1 is 1.24 bits per heavy atom. The number of nitriles is 1. The first kappa shape index (κ1) is 21.0. The van der Waals surface area contributed by atoms with Crippen LogP contribution in [0.4, 0.5) is 9.52 Å². The van der Waals surface area contributed by atoms with Gasteiger partial charge >= 0.3 is 0 Å². The van der Waals surface area contributed by atoms with Gasteiger partial charge in [0, 0.05) is 23.2 Å². The Morgan fingerprint density at radius 2 is 1.97 bits per heavy atom. The van der Waals surface area contributed by atoms with Gasteiger partial charge in [-0.3, -0.25) is 4.79 Å². The van der Waals surface area contributed by atoms with Gasteiger partial charge in [-0.05, 0) is 49.6 Å². The van der Waals surface area contributed by atoms with Gasteiger partial charge in [0.15, 0.2) is 5.13 Å². The maximum atomic E-state index is 13.0. The van der Waals surface area contributed by atoms with Crippen molar-refractivity contribution < 1.29 is 9.18 Å². The SMILES string of the molecule is Cc1nc(SCC(=O)Nc2ncc(Cc3ccc(F)cc3)s2)c(C#N)c(C)c1C. The molecule has 2 heterocycles. The van der Waals surface area contributed by atoms with Crippen LogP contribution in [0.25, 0.3) is 0 Å². The molecule has 0 bridgehead atoms. The van der Waals surface area contributed by atoms with Gasteiger partial charge in [0.05, 0.1) is 11.3 Å². The molecule has 0 aliphatic carbocycles. The molecule has 148 valence electrons. The maximum Gasteiger partial charge on any atom is 0.236 e. The molecule has 0 fully saturated rings. The van der Waals surface area contributed by atoms with Crippen molar-refractivity contribution in [3.8, 4) is 6.07 Å². The van der Waals surface area contributed by atoms with Gasteiger partial charge in [0.2, 0.25) is 5.91 Å². The molecule has 29 heavy (non-hydrogen) atoms. The van der Waals surface area contributed by atoms with Crippen LogP contribution in [0.15, 0.2) is 35.5 Å². The first-order chi connectivity index (χ1) is 13.9. The van der Waals surface area contributed by atoms with E-state index < -0.39 is 0 Å². The molecule has 8 heteroatoms. The van der Waals surface area contributed by atoms with Gasteiger partial charge in [-0.15, -0.1) is 11.3 Å². The summed E-state index contributed by atoms with van der Waals surface area (Å²) in [6, 6.07) is 8.50. The average Bonchev–Trinajstić information content (AvgIpc) is 3.13. The third-order valence-electron chi connectivity index (χ3n) is 4.51. The Hall–Kier alpha value is -2.76. The summed E-state index contributed by atoms with van der Waals surface area (Å²) < 4.78 is 13.0. The van der Waals surface area contributed by atoms with Crippen molar-refractivity contribution in [1.82, 2.24) is 9.97 Å². The third kappa shape index (κ3) is 5.19. The number of amides is 1. The molecule has 1 amide bonds. The number of carbonyl (C=O) groups is 1. The lowest BCUT2D eigenvalue weighted by Crippen LogP contribution is -2.14. The molecule has 0 atom stereocenters. The fourth-order valence-electron chi connectivity index (χ4n) is 2.69. The summed E-state index contributed by atoms with van der Waals surface area (Å²) in [6.45, 7) is 5.72. The number of anilines is 1. The molecule has 0 aliphatic rings. The molecule has 0 radical (unpaired) electrons. The number of rotatable bonds is 6. The first-order valence-electron chi connectivity index (χ1n) is 8.87. The second-order valence-electron chi connectivity index (χ2n) is 6.51. The minimum atomic E-state index is -0.267. The number of nitrogens with one attached hydrogen (secondary N) is 1. The number of aromatic nitrogens is 2. The van der Waals surface area contributed by atoms with Gasteiger partial charge in [-0.1, -0.05) is 23.9 Å². The van der Waals surface area contributed by atoms with Crippen molar-refractivity contribution in [2.75, 3.05) is 11.1 Å². The summed E-state index contributed by atoms with van der Waals surface area (Å²) in [5.41, 5.74) is 4.24. The van der Waals surface area contributed by atoms with Crippen LogP contribution in [0.1, 0.15) is 32.8 Å². The van der Waals surface area contributed by atoms with E-state index in [0.29, 0.717) is 22.1 Å². The van der Waals surface area contributed by atoms with Crippen molar-refractivity contribution in [2.24, 2.45) is 0 Å². The number of halogens is 1. The van der Waals surface area contributed by atoms with Gasteiger partial charge in [0.1, 0.15) is 16.9 Å². The van der Waals surface area contributed by atoms with Crippen molar-refractivity contribution >= 4 is 34.1 Å². The maximum absolute atomic E-state index is 13.0. The Morgan fingerprint density at radius 3 is 2.66 bits per heavy atom. The van der Waals surface area contributed by atoms with Gasteiger partial charge in [-0.2, -0.15) is 5.26 Å². The van der Waals surface area contributed by atoms with E-state index in [1.54, 1.807) is 18.3 Å². The highest BCUT2D eigenvalue weighted by Crippen LogP contribution is 2.27. The van der Waals surface area contributed by atoms with E-state index in [1.807, 2.05) is 20.8 Å². The third-order valence-corrected chi connectivity index (χ3v) is 6.39. The first-order valence-corrected chi connectivity index (χ1v) is 10.7. The van der Waals surface area contributed by atoms with E-state index in [9.17, 15) is 14.4 Å². The number of carbonyl (C=O) groups excluding carboxylic acids is 1. The number of thiazole rings is 1. The second-order valence-corrected chi connectivity index (χ2v) is 8.59. The fourth-order valence-corrected chi connectivity index (χ4v) is 4.43. The van der Waals surface area contributed by atoms with E-state index in [0.717, 1.165) is 27.3 Å². The number of hydrogen-bond acceptors (Lipinski definition) is 6. The van der Waals surface area contributed by atoms with E-state index in [-0.39, 0.29) is 17.5 Å². The zero-order valence-corrected chi connectivity index (χ0v) is 17.9. The van der Waals surface area contributed by atoms with Crippen LogP contribution < -0.4 is 5.32 Å². The standard InChI is InChI=1S/C21H19FN4OS2/c1-12-13(2)18(9-23)20(25-14(12)3)28-11-19(27)26-21-24-10-17(29-21)8-15-4-6-16(22)7-5-15/h4-7,10H,8,11H2,1-3H3,(H,24,26,27). The summed E-state index contributed by atoms with van der Waals surface area (Å²) in [5, 5.41) is 13.3. The molecule has 3 aromatic rings. The molecular weight excluding hydrogens is 407 g/mol. The van der Waals surface area contributed by atoms with Crippen LogP contribution >= 0.6 is 23.1 Å². The van der Waals surface area contributed by atoms with E-state index in [2.05, 4.69) is 21.4 Å². The lowest BCUT2D eigenvalue weighted by Gasteiger charge is -2.10. The topological polar surface area (TPSA) is 78.7 Å². The zero-order valence-electron chi connectivity index (χ0n) is 16.2. The molecule has 1 N–H and O–H groups in total. The van der Waals surface area contributed by atoms with Crippen LogP contribution in [0.2, 0.25) is 0 Å². The van der Waals surface area contributed by atoms with Gasteiger partial charge < -0.3 is 5.32 Å². The molecular formula is C21H19FN4OS2. The summed E-state index contributed by atoms with van der Waals surface area (Å²) in [4.78, 5) is 22.0. The molecule has 3 rings (SSSR count). The van der Waals surface area contributed by atoms with Crippen LogP contribution in [0.3, 0.4) is 0 Å². The predicted molar refractivity (Wildman–Crippen MR) is 114 cm³/mol. The summed E-state index contributed by atoms with van der Waals surface area (Å²) in [5.74, 6) is -0.341. The number of pyridine rings is 1. The van der Waals surface area contributed by atoms with Crippen molar-refractivity contribution in [3.63, 3.8) is 0 Å². The minimum absolute atomic E-state index is 0.135. The van der Waals surface area contributed by atoms with Crippen LogP contribution in [0, 0.1) is 37.9 Å². The highest BCUT2D eigenvalue weighted by Gasteiger charge is 2.15. The Labute approximate surface area is 177 Å². The monoisotopic (exact) mass is 426 g/mol. The molecule has 1 aromatic carbocycles.